The number of pyridine rings is 1. The molecule has 0 saturated carbocycles. The molecular weight excluding hydrogens is 139 g/mol. The third kappa shape index (κ3) is 0.850. The lowest BCUT2D eigenvalue weighted by Crippen LogP contribution is -2.01. The maximum absolute atomic E-state index is 5.56. The fourth-order valence-corrected chi connectivity index (χ4v) is 1.03. The highest BCUT2D eigenvalue weighted by Gasteiger charge is 2.01. The highest BCUT2D eigenvalue weighted by molar-refractivity contribution is 6.33. The summed E-state index contributed by atoms with van der Waals surface area (Å²) >= 11 is 0. The second-order valence-corrected chi connectivity index (χ2v) is 2.52. The Hall–Kier alpha value is -1.52. The van der Waals surface area contributed by atoms with Gasteiger partial charge < -0.3 is 5.73 Å². The Morgan fingerprint density at radius 2 is 2.36 bits per heavy atom. The zero-order chi connectivity index (χ0) is 7.84. The first-order valence-electron chi connectivity index (χ1n) is 3.33. The van der Waals surface area contributed by atoms with E-state index in [1.807, 2.05) is 13.9 Å². The third-order valence-corrected chi connectivity index (χ3v) is 1.58. The van der Waals surface area contributed by atoms with E-state index >= 15 is 0 Å². The molecule has 0 bridgehead atoms. The molecule has 0 unspecified atom stereocenters. The van der Waals surface area contributed by atoms with Crippen LogP contribution in [0.4, 0.5) is 5.82 Å². The Bertz CT molecular complexity index is 394. The molecule has 2 aromatic heterocycles. The van der Waals surface area contributed by atoms with Crippen molar-refractivity contribution in [2.24, 2.45) is 0 Å². The number of nitrogen functional groups attached to an aromatic ring is 1. The lowest BCUT2D eigenvalue weighted by atomic mass is 9.98. The third-order valence-electron chi connectivity index (χ3n) is 1.58. The van der Waals surface area contributed by atoms with Crippen molar-refractivity contribution >= 4 is 30.2 Å². The predicted molar refractivity (Wildman–Crippen MR) is 46.5 cm³/mol. The van der Waals surface area contributed by atoms with Crippen LogP contribution < -0.4 is 11.2 Å². The summed E-state index contributed by atoms with van der Waals surface area (Å²) in [5, 5.41) is 7.45. The van der Waals surface area contributed by atoms with E-state index in [1.54, 1.807) is 6.20 Å². The Morgan fingerprint density at radius 3 is 3.18 bits per heavy atom. The van der Waals surface area contributed by atoms with Gasteiger partial charge >= 0.3 is 0 Å². The number of H-pyrrole nitrogens is 1. The second-order valence-electron chi connectivity index (χ2n) is 2.52. The van der Waals surface area contributed by atoms with Gasteiger partial charge in [-0.1, -0.05) is 11.5 Å². The number of fused-ring (bicyclic) bond motifs is 1. The van der Waals surface area contributed by atoms with E-state index in [9.17, 15) is 0 Å². The highest BCUT2D eigenvalue weighted by Crippen LogP contribution is 2.11. The zero-order valence-corrected chi connectivity index (χ0v) is 6.13. The van der Waals surface area contributed by atoms with Gasteiger partial charge in [-0.05, 0) is 0 Å². The molecule has 5 heteroatoms. The van der Waals surface area contributed by atoms with E-state index in [4.69, 9.17) is 5.73 Å². The van der Waals surface area contributed by atoms with Gasteiger partial charge in [-0.3, -0.25) is 5.10 Å². The largest absolute Gasteiger partial charge is 0.382 e. The SMILES string of the molecule is Bc1cnc2[nH]nc(N)c2c1. The average molecular weight is 146 g/mol. The molecule has 3 N–H and O–H groups in total. The topological polar surface area (TPSA) is 67.6 Å². The Labute approximate surface area is 64.2 Å². The molecule has 0 aromatic carbocycles. The summed E-state index contributed by atoms with van der Waals surface area (Å²) in [6.45, 7) is 0. The monoisotopic (exact) mass is 146 g/mol. The summed E-state index contributed by atoms with van der Waals surface area (Å²) in [6.07, 6.45) is 1.78. The van der Waals surface area contributed by atoms with Gasteiger partial charge in [-0.2, -0.15) is 5.10 Å². The van der Waals surface area contributed by atoms with Crippen LogP contribution in [0.2, 0.25) is 0 Å². The van der Waals surface area contributed by atoms with Crippen molar-refractivity contribution in [3.05, 3.63) is 12.3 Å². The number of rotatable bonds is 0. The highest BCUT2D eigenvalue weighted by atomic mass is 15.2. The summed E-state index contributed by atoms with van der Waals surface area (Å²) in [4.78, 5) is 4.10. The van der Waals surface area contributed by atoms with Gasteiger partial charge in [0.2, 0.25) is 0 Å². The molecule has 0 aliphatic heterocycles. The smallest absolute Gasteiger partial charge is 0.157 e. The molecule has 4 nitrogen and oxygen atoms in total. The van der Waals surface area contributed by atoms with Crippen molar-refractivity contribution in [2.45, 2.75) is 0 Å². The minimum absolute atomic E-state index is 0.510. The van der Waals surface area contributed by atoms with Gasteiger partial charge in [0, 0.05) is 6.20 Å². The first-order valence-corrected chi connectivity index (χ1v) is 3.33. The molecule has 0 spiro atoms. The van der Waals surface area contributed by atoms with Crippen LogP contribution in [-0.4, -0.2) is 23.0 Å². The first kappa shape index (κ1) is 6.21. The molecule has 0 aliphatic rings. The van der Waals surface area contributed by atoms with Crippen molar-refractivity contribution < 1.29 is 0 Å². The lowest BCUT2D eigenvalue weighted by Gasteiger charge is -1.90. The second kappa shape index (κ2) is 1.98. The van der Waals surface area contributed by atoms with Crippen molar-refractivity contribution in [1.82, 2.24) is 15.2 Å². The molecule has 0 atom stereocenters. The van der Waals surface area contributed by atoms with E-state index in [1.165, 1.54) is 0 Å². The van der Waals surface area contributed by atoms with Crippen LogP contribution in [0.1, 0.15) is 0 Å². The summed E-state index contributed by atoms with van der Waals surface area (Å²) in [7, 11) is 1.97. The predicted octanol–water partition coefficient (Wildman–Crippen LogP) is -1.20. The van der Waals surface area contributed by atoms with Crippen molar-refractivity contribution in [2.75, 3.05) is 5.73 Å². The van der Waals surface area contributed by atoms with Crippen LogP contribution in [0.25, 0.3) is 11.0 Å². The van der Waals surface area contributed by atoms with Crippen LogP contribution >= 0.6 is 0 Å². The molecule has 11 heavy (non-hydrogen) atoms. The van der Waals surface area contributed by atoms with E-state index in [0.717, 1.165) is 16.5 Å². The van der Waals surface area contributed by atoms with E-state index in [2.05, 4.69) is 15.2 Å². The van der Waals surface area contributed by atoms with Gasteiger partial charge in [0.15, 0.2) is 11.5 Å². The summed E-state index contributed by atoms with van der Waals surface area (Å²) < 4.78 is 0. The molecule has 2 heterocycles. The average Bonchev–Trinajstić information content (AvgIpc) is 2.33. The lowest BCUT2D eigenvalue weighted by molar-refractivity contribution is 1.11. The Balaban J connectivity index is 2.87. The van der Waals surface area contributed by atoms with Crippen LogP contribution in [0, 0.1) is 0 Å². The maximum Gasteiger partial charge on any atom is 0.157 e. The molecule has 2 rings (SSSR count). The fraction of sp³-hybridized carbons (Fsp3) is 0. The standard InChI is InChI=1S/C6H7BN4/c7-3-1-4-5(8)10-11-6(4)9-2-3/h1-2H,7H2,(H3,8,9,10,11). The summed E-state index contributed by atoms with van der Waals surface area (Å²) in [6, 6.07) is 1.96. The van der Waals surface area contributed by atoms with Gasteiger partial charge in [-0.25, -0.2) is 4.98 Å². The van der Waals surface area contributed by atoms with Crippen LogP contribution in [-0.2, 0) is 0 Å². The molecule has 2 aromatic rings. The van der Waals surface area contributed by atoms with Crippen molar-refractivity contribution in [3.8, 4) is 0 Å². The molecule has 0 fully saturated rings. The molecule has 0 aliphatic carbocycles. The molecular formula is C6H7BN4. The normalized spacial score (nSPS) is 10.5. The quantitative estimate of drug-likeness (QED) is 0.458. The number of nitrogens with two attached hydrogens (primary N) is 1. The van der Waals surface area contributed by atoms with Crippen LogP contribution in [0.5, 0.6) is 0 Å². The van der Waals surface area contributed by atoms with Gasteiger partial charge in [0.05, 0.1) is 5.39 Å². The first-order chi connectivity index (χ1) is 5.27. The number of nitrogens with one attached hydrogen (secondary N) is 1. The van der Waals surface area contributed by atoms with Crippen LogP contribution in [0.3, 0.4) is 0 Å². The maximum atomic E-state index is 5.56. The zero-order valence-electron chi connectivity index (χ0n) is 6.13. The number of aromatic nitrogens is 3. The molecule has 54 valence electrons. The van der Waals surface area contributed by atoms with Crippen LogP contribution in [0.15, 0.2) is 12.3 Å². The Kier molecular flexibility index (Phi) is 1.12. The van der Waals surface area contributed by atoms with E-state index in [-0.39, 0.29) is 0 Å². The minimum atomic E-state index is 0.510. The van der Waals surface area contributed by atoms with Gasteiger partial charge in [0.25, 0.3) is 0 Å². The summed E-state index contributed by atoms with van der Waals surface area (Å²) in [5.74, 6) is 0.510. The van der Waals surface area contributed by atoms with Crippen molar-refractivity contribution in [1.29, 1.82) is 0 Å². The van der Waals surface area contributed by atoms with Gasteiger partial charge in [-0.15, -0.1) is 0 Å². The number of nitrogens with zero attached hydrogens (tertiary/aromatic N) is 2. The van der Waals surface area contributed by atoms with E-state index in [0.29, 0.717) is 5.82 Å². The molecule has 0 radical (unpaired) electrons. The minimum Gasteiger partial charge on any atom is -0.382 e. The number of anilines is 1. The van der Waals surface area contributed by atoms with E-state index < -0.39 is 0 Å². The van der Waals surface area contributed by atoms with Crippen molar-refractivity contribution in [3.63, 3.8) is 0 Å². The fourth-order valence-electron chi connectivity index (χ4n) is 1.03. The molecule has 0 amide bonds. The van der Waals surface area contributed by atoms with Gasteiger partial charge in [0.1, 0.15) is 7.85 Å². The number of aromatic amines is 1. The summed E-state index contributed by atoms with van der Waals surface area (Å²) in [5.41, 5.74) is 7.39. The molecule has 0 saturated heterocycles. The number of hydrogen-bond donors (Lipinski definition) is 2. The Morgan fingerprint density at radius 1 is 1.55 bits per heavy atom. The number of hydrogen-bond acceptors (Lipinski definition) is 3.